The molecule has 2 heterocycles. The maximum atomic E-state index is 11.8. The molecular formula is C11H11N3O4S. The molecule has 0 unspecified atom stereocenters. The highest BCUT2D eigenvalue weighted by Gasteiger charge is 2.17. The van der Waals surface area contributed by atoms with E-state index in [1.54, 1.807) is 0 Å². The third kappa shape index (κ3) is 2.97. The Bertz CT molecular complexity index is 617. The van der Waals surface area contributed by atoms with Crippen molar-refractivity contribution in [1.82, 2.24) is 10.1 Å². The average molecular weight is 281 g/mol. The summed E-state index contributed by atoms with van der Waals surface area (Å²) in [6, 6.07) is 1.06. The third-order valence-electron chi connectivity index (χ3n) is 2.29. The lowest BCUT2D eigenvalue weighted by atomic mass is 10.2. The van der Waals surface area contributed by atoms with E-state index in [-0.39, 0.29) is 17.4 Å². The summed E-state index contributed by atoms with van der Waals surface area (Å²) in [6.07, 6.45) is 0. The van der Waals surface area contributed by atoms with E-state index in [2.05, 4.69) is 20.0 Å². The van der Waals surface area contributed by atoms with E-state index in [0.717, 1.165) is 11.8 Å². The Labute approximate surface area is 112 Å². The summed E-state index contributed by atoms with van der Waals surface area (Å²) >= 11 is 1.30. The van der Waals surface area contributed by atoms with Gasteiger partial charge in [0.15, 0.2) is 10.8 Å². The highest BCUT2D eigenvalue weighted by Crippen LogP contribution is 2.21. The second kappa shape index (κ2) is 5.19. The number of carboxylic acids is 1. The zero-order valence-corrected chi connectivity index (χ0v) is 11.0. The fraction of sp³-hybridized carbons (Fsp3) is 0.273. The molecule has 0 bridgehead atoms. The van der Waals surface area contributed by atoms with Gasteiger partial charge < -0.3 is 9.63 Å². The molecule has 2 aromatic rings. The number of carbonyl (C=O) groups is 2. The summed E-state index contributed by atoms with van der Waals surface area (Å²) in [5.41, 5.74) is 0.783. The predicted molar refractivity (Wildman–Crippen MR) is 67.6 cm³/mol. The van der Waals surface area contributed by atoms with Crippen molar-refractivity contribution in [3.63, 3.8) is 0 Å². The van der Waals surface area contributed by atoms with Gasteiger partial charge in [-0.1, -0.05) is 19.0 Å². The maximum absolute atomic E-state index is 11.8. The Morgan fingerprint density at radius 2 is 2.21 bits per heavy atom. The minimum absolute atomic E-state index is 0.0984. The minimum Gasteiger partial charge on any atom is -0.475 e. The highest BCUT2D eigenvalue weighted by molar-refractivity contribution is 7.14. The number of anilines is 1. The summed E-state index contributed by atoms with van der Waals surface area (Å²) in [5.74, 6) is -1.94. The van der Waals surface area contributed by atoms with E-state index in [0.29, 0.717) is 5.13 Å². The number of nitrogens with one attached hydrogen (secondary N) is 1. The van der Waals surface area contributed by atoms with Gasteiger partial charge in [-0.25, -0.2) is 9.78 Å². The van der Waals surface area contributed by atoms with Crippen molar-refractivity contribution in [2.75, 3.05) is 5.32 Å². The molecule has 8 heteroatoms. The monoisotopic (exact) mass is 281 g/mol. The van der Waals surface area contributed by atoms with E-state index < -0.39 is 11.9 Å². The standard InChI is InChI=1S/C11H11N3O4S/c1-5(2)7-4-19-11(12-7)13-9(15)6-3-8(10(16)17)18-14-6/h3-5H,1-2H3,(H,16,17)(H,12,13,15). The average Bonchev–Trinajstić information content (AvgIpc) is 2.96. The fourth-order valence-corrected chi connectivity index (χ4v) is 2.12. The smallest absolute Gasteiger partial charge is 0.374 e. The van der Waals surface area contributed by atoms with Gasteiger partial charge in [-0.3, -0.25) is 10.1 Å². The van der Waals surface area contributed by atoms with Crippen molar-refractivity contribution in [3.8, 4) is 0 Å². The molecule has 0 aliphatic carbocycles. The van der Waals surface area contributed by atoms with E-state index in [1.165, 1.54) is 11.3 Å². The van der Waals surface area contributed by atoms with Crippen molar-refractivity contribution in [3.05, 3.63) is 28.6 Å². The van der Waals surface area contributed by atoms with Crippen LogP contribution in [0.3, 0.4) is 0 Å². The quantitative estimate of drug-likeness (QED) is 0.890. The Kier molecular flexibility index (Phi) is 3.61. The van der Waals surface area contributed by atoms with Crippen molar-refractivity contribution in [2.45, 2.75) is 19.8 Å². The van der Waals surface area contributed by atoms with E-state index >= 15 is 0 Å². The molecule has 0 radical (unpaired) electrons. The van der Waals surface area contributed by atoms with Gasteiger partial charge in [0.2, 0.25) is 5.76 Å². The van der Waals surface area contributed by atoms with Crippen LogP contribution < -0.4 is 5.32 Å². The molecule has 0 saturated carbocycles. The summed E-state index contributed by atoms with van der Waals surface area (Å²) in [5, 5.41) is 16.9. The molecule has 0 aromatic carbocycles. The number of aromatic carboxylic acids is 1. The SMILES string of the molecule is CC(C)c1csc(NC(=O)c2cc(C(=O)O)on2)n1. The number of hydrogen-bond donors (Lipinski definition) is 2. The number of aromatic nitrogens is 2. The maximum Gasteiger partial charge on any atom is 0.374 e. The number of amides is 1. The number of carboxylic acid groups (broad SMARTS) is 1. The van der Waals surface area contributed by atoms with Crippen LogP contribution in [0.15, 0.2) is 16.0 Å². The molecule has 0 saturated heterocycles. The second-order valence-electron chi connectivity index (χ2n) is 4.07. The first kappa shape index (κ1) is 13.2. The number of nitrogens with zero attached hydrogens (tertiary/aromatic N) is 2. The Morgan fingerprint density at radius 3 is 2.74 bits per heavy atom. The first-order valence-electron chi connectivity index (χ1n) is 5.44. The lowest BCUT2D eigenvalue weighted by molar-refractivity contribution is 0.0651. The molecule has 0 spiro atoms. The molecule has 0 aliphatic heterocycles. The van der Waals surface area contributed by atoms with Gasteiger partial charge in [0.05, 0.1) is 5.69 Å². The van der Waals surface area contributed by atoms with Crippen molar-refractivity contribution < 1.29 is 19.2 Å². The van der Waals surface area contributed by atoms with Crippen molar-refractivity contribution in [2.24, 2.45) is 0 Å². The molecule has 2 rings (SSSR count). The molecule has 0 fully saturated rings. The molecule has 0 aliphatic rings. The first-order valence-corrected chi connectivity index (χ1v) is 6.32. The number of thiazole rings is 1. The van der Waals surface area contributed by atoms with E-state index in [9.17, 15) is 9.59 Å². The molecule has 1 amide bonds. The van der Waals surface area contributed by atoms with Crippen LogP contribution in [0.5, 0.6) is 0 Å². The van der Waals surface area contributed by atoms with Gasteiger partial charge in [-0.05, 0) is 5.92 Å². The van der Waals surface area contributed by atoms with Crippen LogP contribution in [0, 0.1) is 0 Å². The van der Waals surface area contributed by atoms with Crippen LogP contribution in [0.1, 0.15) is 46.5 Å². The first-order chi connectivity index (χ1) is 8.97. The van der Waals surface area contributed by atoms with Gasteiger partial charge in [0.25, 0.3) is 5.91 Å². The third-order valence-corrected chi connectivity index (χ3v) is 3.06. The van der Waals surface area contributed by atoms with Crippen LogP contribution in [0.4, 0.5) is 5.13 Å². The Hall–Kier alpha value is -2.22. The summed E-state index contributed by atoms with van der Waals surface area (Å²) < 4.78 is 4.50. The van der Waals surface area contributed by atoms with Gasteiger partial charge in [0, 0.05) is 11.4 Å². The number of rotatable bonds is 4. The van der Waals surface area contributed by atoms with Crippen LogP contribution in [0.2, 0.25) is 0 Å². The molecule has 100 valence electrons. The zero-order valence-electron chi connectivity index (χ0n) is 10.2. The van der Waals surface area contributed by atoms with Gasteiger partial charge in [-0.2, -0.15) is 0 Å². The molecule has 2 N–H and O–H groups in total. The molecule has 19 heavy (non-hydrogen) atoms. The van der Waals surface area contributed by atoms with Crippen LogP contribution in [-0.4, -0.2) is 27.1 Å². The van der Waals surface area contributed by atoms with Crippen LogP contribution in [-0.2, 0) is 0 Å². The fourth-order valence-electron chi connectivity index (χ4n) is 1.25. The van der Waals surface area contributed by atoms with E-state index in [4.69, 9.17) is 5.11 Å². The Balaban J connectivity index is 2.09. The van der Waals surface area contributed by atoms with Crippen LogP contribution in [0.25, 0.3) is 0 Å². The minimum atomic E-state index is -1.28. The van der Waals surface area contributed by atoms with Crippen molar-refractivity contribution in [1.29, 1.82) is 0 Å². The molecule has 2 aromatic heterocycles. The largest absolute Gasteiger partial charge is 0.475 e. The van der Waals surface area contributed by atoms with E-state index in [1.807, 2.05) is 19.2 Å². The number of hydrogen-bond acceptors (Lipinski definition) is 6. The van der Waals surface area contributed by atoms with Crippen molar-refractivity contribution >= 4 is 28.3 Å². The normalized spacial score (nSPS) is 10.7. The summed E-state index contributed by atoms with van der Waals surface area (Å²) in [7, 11) is 0. The Morgan fingerprint density at radius 1 is 1.47 bits per heavy atom. The second-order valence-corrected chi connectivity index (χ2v) is 4.93. The molecule has 0 atom stereocenters. The predicted octanol–water partition coefficient (Wildman–Crippen LogP) is 2.21. The lowest BCUT2D eigenvalue weighted by Crippen LogP contribution is -2.12. The number of carbonyl (C=O) groups excluding carboxylic acids is 1. The van der Waals surface area contributed by atoms with Gasteiger partial charge in [-0.15, -0.1) is 11.3 Å². The zero-order chi connectivity index (χ0) is 14.0. The summed E-state index contributed by atoms with van der Waals surface area (Å²) in [6.45, 7) is 3.99. The van der Waals surface area contributed by atoms with Gasteiger partial charge in [0.1, 0.15) is 0 Å². The summed E-state index contributed by atoms with van der Waals surface area (Å²) in [4.78, 5) is 26.6. The topological polar surface area (TPSA) is 105 Å². The molecule has 7 nitrogen and oxygen atoms in total. The highest BCUT2D eigenvalue weighted by atomic mass is 32.1. The molecular weight excluding hydrogens is 270 g/mol. The van der Waals surface area contributed by atoms with Gasteiger partial charge >= 0.3 is 5.97 Å². The lowest BCUT2D eigenvalue weighted by Gasteiger charge is -1.98. The van der Waals surface area contributed by atoms with Crippen LogP contribution >= 0.6 is 11.3 Å².